The quantitative estimate of drug-likeness (QED) is 0.560. The van der Waals surface area contributed by atoms with Crippen molar-refractivity contribution in [2.75, 3.05) is 6.61 Å². The SMILES string of the molecule is OCCc1cc[cH-]c1. The zero-order valence-corrected chi connectivity index (χ0v) is 4.67. The highest BCUT2D eigenvalue weighted by molar-refractivity contribution is 5.15. The third-order valence-corrected chi connectivity index (χ3v) is 1.13. The Morgan fingerprint density at radius 3 is 3.00 bits per heavy atom. The minimum Gasteiger partial charge on any atom is -0.397 e. The van der Waals surface area contributed by atoms with Gasteiger partial charge in [0.05, 0.1) is 0 Å². The molecule has 0 saturated carbocycles. The molecular formula is C7H9O-. The monoisotopic (exact) mass is 109 g/mol. The Morgan fingerprint density at radius 1 is 1.62 bits per heavy atom. The number of aliphatic hydroxyl groups excluding tert-OH is 1. The number of aliphatic hydroxyl groups is 1. The summed E-state index contributed by atoms with van der Waals surface area (Å²) in [5.74, 6) is 0. The summed E-state index contributed by atoms with van der Waals surface area (Å²) >= 11 is 0. The van der Waals surface area contributed by atoms with Gasteiger partial charge in [-0.05, 0) is 0 Å². The molecule has 0 aliphatic heterocycles. The summed E-state index contributed by atoms with van der Waals surface area (Å²) < 4.78 is 0. The fourth-order valence-electron chi connectivity index (χ4n) is 0.710. The molecule has 1 heteroatoms. The molecule has 1 rings (SSSR count). The topological polar surface area (TPSA) is 20.2 Å². The highest BCUT2D eigenvalue weighted by atomic mass is 16.2. The van der Waals surface area contributed by atoms with Crippen LogP contribution in [0.5, 0.6) is 0 Å². The maximum absolute atomic E-state index is 8.44. The van der Waals surface area contributed by atoms with Crippen molar-refractivity contribution >= 4 is 0 Å². The van der Waals surface area contributed by atoms with Crippen LogP contribution < -0.4 is 0 Å². The van der Waals surface area contributed by atoms with Crippen LogP contribution >= 0.6 is 0 Å². The third kappa shape index (κ3) is 1.14. The van der Waals surface area contributed by atoms with E-state index < -0.39 is 0 Å². The Morgan fingerprint density at radius 2 is 2.50 bits per heavy atom. The second-order valence-electron chi connectivity index (χ2n) is 1.77. The predicted octanol–water partition coefficient (Wildman–Crippen LogP) is 0.940. The first-order valence-electron chi connectivity index (χ1n) is 2.75. The fourth-order valence-corrected chi connectivity index (χ4v) is 0.710. The molecule has 0 saturated heterocycles. The molecule has 0 spiro atoms. The average Bonchev–Trinajstić information content (AvgIpc) is 2.19. The maximum atomic E-state index is 8.44. The molecule has 0 unspecified atom stereocenters. The highest BCUT2D eigenvalue weighted by Gasteiger charge is 1.76. The van der Waals surface area contributed by atoms with Crippen molar-refractivity contribution in [2.24, 2.45) is 0 Å². The summed E-state index contributed by atoms with van der Waals surface area (Å²) in [6.45, 7) is 0.254. The van der Waals surface area contributed by atoms with Crippen LogP contribution in [0.2, 0.25) is 0 Å². The number of hydrogen-bond donors (Lipinski definition) is 1. The number of rotatable bonds is 2. The van der Waals surface area contributed by atoms with Gasteiger partial charge in [0.1, 0.15) is 0 Å². The molecule has 44 valence electrons. The third-order valence-electron chi connectivity index (χ3n) is 1.13. The van der Waals surface area contributed by atoms with E-state index in [1.807, 2.05) is 24.3 Å². The van der Waals surface area contributed by atoms with Crippen LogP contribution in [0.3, 0.4) is 0 Å². The summed E-state index contributed by atoms with van der Waals surface area (Å²) in [6.07, 6.45) is 0.785. The first-order valence-corrected chi connectivity index (χ1v) is 2.75. The van der Waals surface area contributed by atoms with Crippen LogP contribution in [0, 0.1) is 0 Å². The molecule has 1 aromatic rings. The Bertz CT molecular complexity index is 130. The molecule has 1 nitrogen and oxygen atoms in total. The van der Waals surface area contributed by atoms with Crippen LogP contribution in [-0.4, -0.2) is 11.7 Å². The van der Waals surface area contributed by atoms with Gasteiger partial charge in [-0.15, -0.1) is 0 Å². The summed E-state index contributed by atoms with van der Waals surface area (Å²) in [7, 11) is 0. The van der Waals surface area contributed by atoms with E-state index in [0.717, 1.165) is 6.42 Å². The van der Waals surface area contributed by atoms with Gasteiger partial charge in [0.15, 0.2) is 0 Å². The summed E-state index contributed by atoms with van der Waals surface area (Å²) in [6, 6.07) is 7.97. The van der Waals surface area contributed by atoms with Gasteiger partial charge in [-0.1, -0.05) is 6.42 Å². The maximum Gasteiger partial charge on any atom is 0.0357 e. The smallest absolute Gasteiger partial charge is 0.0357 e. The van der Waals surface area contributed by atoms with E-state index in [0.29, 0.717) is 0 Å². The molecule has 0 radical (unpaired) electrons. The molecule has 0 fully saturated rings. The average molecular weight is 109 g/mol. The summed E-state index contributed by atoms with van der Waals surface area (Å²) in [5, 5.41) is 8.44. The van der Waals surface area contributed by atoms with Crippen molar-refractivity contribution in [1.29, 1.82) is 0 Å². The van der Waals surface area contributed by atoms with Gasteiger partial charge in [0, 0.05) is 6.61 Å². The largest absolute Gasteiger partial charge is 0.397 e. The zero-order valence-electron chi connectivity index (χ0n) is 4.67. The minimum absolute atomic E-state index is 0.254. The van der Waals surface area contributed by atoms with Crippen LogP contribution in [0.4, 0.5) is 0 Å². The lowest BCUT2D eigenvalue weighted by Crippen LogP contribution is -1.85. The van der Waals surface area contributed by atoms with Crippen LogP contribution in [0.1, 0.15) is 5.56 Å². The fraction of sp³-hybridized carbons (Fsp3) is 0.286. The first kappa shape index (κ1) is 5.45. The Labute approximate surface area is 48.9 Å². The van der Waals surface area contributed by atoms with Gasteiger partial charge in [-0.25, -0.2) is 6.07 Å². The van der Waals surface area contributed by atoms with Crippen molar-refractivity contribution in [3.8, 4) is 0 Å². The van der Waals surface area contributed by atoms with E-state index in [1.54, 1.807) is 0 Å². The second-order valence-corrected chi connectivity index (χ2v) is 1.77. The molecule has 1 aromatic carbocycles. The normalized spacial score (nSPS) is 9.62. The summed E-state index contributed by atoms with van der Waals surface area (Å²) in [5.41, 5.74) is 1.22. The molecule has 0 amide bonds. The van der Waals surface area contributed by atoms with Gasteiger partial charge < -0.3 is 5.11 Å². The molecule has 0 atom stereocenters. The van der Waals surface area contributed by atoms with Crippen molar-refractivity contribution in [3.63, 3.8) is 0 Å². The lowest BCUT2D eigenvalue weighted by atomic mass is 10.2. The molecule has 8 heavy (non-hydrogen) atoms. The molecule has 0 bridgehead atoms. The molecule has 1 N–H and O–H groups in total. The van der Waals surface area contributed by atoms with Crippen molar-refractivity contribution < 1.29 is 5.11 Å². The van der Waals surface area contributed by atoms with Crippen LogP contribution in [0.15, 0.2) is 24.3 Å². The standard InChI is InChI=1S/C7H9O/c8-6-5-7-3-1-2-4-7/h1-4,8H,5-6H2/q-1. The molecular weight excluding hydrogens is 100 g/mol. The highest BCUT2D eigenvalue weighted by Crippen LogP contribution is 1.98. The van der Waals surface area contributed by atoms with E-state index >= 15 is 0 Å². The second kappa shape index (κ2) is 2.58. The van der Waals surface area contributed by atoms with E-state index in [4.69, 9.17) is 5.11 Å². The van der Waals surface area contributed by atoms with Gasteiger partial charge in [-0.2, -0.15) is 23.8 Å². The molecule has 0 heterocycles. The Hall–Kier alpha value is -0.690. The van der Waals surface area contributed by atoms with E-state index in [9.17, 15) is 0 Å². The zero-order chi connectivity index (χ0) is 5.82. The first-order chi connectivity index (χ1) is 3.93. The lowest BCUT2D eigenvalue weighted by Gasteiger charge is -1.95. The van der Waals surface area contributed by atoms with Gasteiger partial charge in [-0.3, -0.25) is 0 Å². The van der Waals surface area contributed by atoms with Gasteiger partial charge >= 0.3 is 0 Å². The number of hydrogen-bond acceptors (Lipinski definition) is 1. The van der Waals surface area contributed by atoms with Gasteiger partial charge in [0.25, 0.3) is 0 Å². The summed E-state index contributed by atoms with van der Waals surface area (Å²) in [4.78, 5) is 0. The van der Waals surface area contributed by atoms with Crippen LogP contribution in [0.25, 0.3) is 0 Å². The van der Waals surface area contributed by atoms with Crippen molar-refractivity contribution in [2.45, 2.75) is 6.42 Å². The Balaban J connectivity index is 2.50. The van der Waals surface area contributed by atoms with Crippen molar-refractivity contribution in [1.82, 2.24) is 0 Å². The van der Waals surface area contributed by atoms with E-state index in [-0.39, 0.29) is 6.61 Å². The molecule has 0 aliphatic rings. The van der Waals surface area contributed by atoms with Gasteiger partial charge in [0.2, 0.25) is 0 Å². The van der Waals surface area contributed by atoms with Crippen molar-refractivity contribution in [3.05, 3.63) is 29.8 Å². The molecule has 0 aliphatic carbocycles. The minimum atomic E-state index is 0.254. The predicted molar refractivity (Wildman–Crippen MR) is 32.8 cm³/mol. The van der Waals surface area contributed by atoms with E-state index in [2.05, 4.69) is 0 Å². The van der Waals surface area contributed by atoms with E-state index in [1.165, 1.54) is 5.56 Å². The van der Waals surface area contributed by atoms with Crippen LogP contribution in [-0.2, 0) is 6.42 Å². The lowest BCUT2D eigenvalue weighted by molar-refractivity contribution is 0.300. The Kier molecular flexibility index (Phi) is 1.75. The molecule has 0 aromatic heterocycles.